The van der Waals surface area contributed by atoms with Crippen molar-refractivity contribution in [2.45, 2.75) is 25.7 Å². The van der Waals surface area contributed by atoms with E-state index in [1.54, 1.807) is 6.07 Å². The summed E-state index contributed by atoms with van der Waals surface area (Å²) in [4.78, 5) is 10.4. The van der Waals surface area contributed by atoms with Crippen LogP contribution in [0.1, 0.15) is 24.0 Å². The number of aliphatic hydroxyl groups excluding tert-OH is 1. The van der Waals surface area contributed by atoms with Crippen LogP contribution in [0.2, 0.25) is 0 Å². The molecule has 0 saturated carbocycles. The molecule has 0 atom stereocenters. The third-order valence-electron chi connectivity index (χ3n) is 7.77. The van der Waals surface area contributed by atoms with Gasteiger partial charge in [-0.15, -0.1) is 7.97 Å². The Kier molecular flexibility index (Phi) is 7.66. The van der Waals surface area contributed by atoms with Crippen molar-refractivity contribution < 1.29 is 17.6 Å². The molecule has 3 aromatic rings. The second-order valence-electron chi connectivity index (χ2n) is 10.3. The lowest BCUT2D eigenvalue weighted by atomic mass is 9.80. The van der Waals surface area contributed by atoms with Crippen LogP contribution in [-0.4, -0.2) is 85.0 Å². The summed E-state index contributed by atoms with van der Waals surface area (Å²) in [5.41, 5.74) is 4.78. The molecular formula is C25H30F2N8O2S2. The van der Waals surface area contributed by atoms with Gasteiger partial charge in [0.15, 0.2) is 24.6 Å². The van der Waals surface area contributed by atoms with Gasteiger partial charge in [0.2, 0.25) is 11.9 Å². The van der Waals surface area contributed by atoms with E-state index in [1.807, 2.05) is 17.5 Å². The predicted octanol–water partition coefficient (Wildman–Crippen LogP) is 3.88. The zero-order valence-corrected chi connectivity index (χ0v) is 23.1. The zero-order valence-electron chi connectivity index (χ0n) is 21.5. The molecule has 4 heterocycles. The molecule has 2 fully saturated rings. The van der Waals surface area contributed by atoms with Crippen LogP contribution >= 0.6 is 24.6 Å². The topological polar surface area (TPSA) is 94.8 Å². The number of likely N-dealkylation sites (tertiary alicyclic amines) is 1. The van der Waals surface area contributed by atoms with Gasteiger partial charge in [-0.1, -0.05) is 17.2 Å². The van der Waals surface area contributed by atoms with E-state index in [9.17, 15) is 13.4 Å². The van der Waals surface area contributed by atoms with Gasteiger partial charge in [-0.25, -0.2) is 9.99 Å². The number of pyridine rings is 1. The van der Waals surface area contributed by atoms with E-state index in [2.05, 4.69) is 36.4 Å². The van der Waals surface area contributed by atoms with Crippen LogP contribution in [0, 0.1) is 11.4 Å². The molecule has 3 aliphatic rings. The number of anilines is 2. The zero-order chi connectivity index (χ0) is 27.0. The van der Waals surface area contributed by atoms with Crippen LogP contribution in [0.25, 0.3) is 11.1 Å². The standard InChI is InChI=1S/C25H30F2N8O2S2/c1-32(34-15-25(16-34)8-10-33(14-25)11-12-36)39-37-24-30-23(35(31-24)38-27)29-22-19-4-2-3-17(19)5-6-20(22)18-7-9-28-21(26)13-18/h5-7,9,13,36H,2-4,8,10-12,14-16H2,1H3,(H,29,30,31). The Morgan fingerprint density at radius 3 is 2.90 bits per heavy atom. The molecule has 2 aliphatic heterocycles. The first-order chi connectivity index (χ1) is 19.0. The molecule has 2 saturated heterocycles. The largest absolute Gasteiger partial charge is 0.395 e. The molecule has 39 heavy (non-hydrogen) atoms. The number of aryl methyl sites for hydroxylation is 1. The fourth-order valence-electron chi connectivity index (χ4n) is 5.85. The Labute approximate surface area is 234 Å². The van der Waals surface area contributed by atoms with Crippen molar-refractivity contribution in [3.63, 3.8) is 0 Å². The Bertz CT molecular complexity index is 1340. The summed E-state index contributed by atoms with van der Waals surface area (Å²) in [6.07, 6.45) is 5.37. The summed E-state index contributed by atoms with van der Waals surface area (Å²) in [6, 6.07) is 7.16. The number of benzene rings is 1. The lowest BCUT2D eigenvalue weighted by Crippen LogP contribution is -2.61. The van der Waals surface area contributed by atoms with Gasteiger partial charge in [0.05, 0.1) is 12.3 Å². The molecule has 1 aromatic carbocycles. The van der Waals surface area contributed by atoms with E-state index in [4.69, 9.17) is 4.18 Å². The van der Waals surface area contributed by atoms with Crippen molar-refractivity contribution in [1.82, 2.24) is 33.5 Å². The quantitative estimate of drug-likeness (QED) is 0.209. The fraction of sp³-hybridized carbons (Fsp3) is 0.480. The summed E-state index contributed by atoms with van der Waals surface area (Å²) in [7, 11) is 1.91. The Balaban J connectivity index is 1.14. The highest BCUT2D eigenvalue weighted by Crippen LogP contribution is 2.42. The van der Waals surface area contributed by atoms with Crippen molar-refractivity contribution in [3.8, 4) is 17.1 Å². The molecule has 208 valence electrons. The number of nitrogens with one attached hydrogen (secondary N) is 1. The Hall–Kier alpha value is -2.49. The molecule has 0 amide bonds. The molecule has 2 aromatic heterocycles. The number of β-amino-alcohol motifs (C(OH)–C–C–N with tert-alkyl or cyclic N) is 1. The van der Waals surface area contributed by atoms with Crippen molar-refractivity contribution in [2.24, 2.45) is 5.41 Å². The summed E-state index contributed by atoms with van der Waals surface area (Å²) in [6.45, 7) is 4.74. The lowest BCUT2D eigenvalue weighted by Gasteiger charge is -2.50. The fourth-order valence-corrected chi connectivity index (χ4v) is 6.56. The van der Waals surface area contributed by atoms with Gasteiger partial charge in [0.25, 0.3) is 0 Å². The minimum Gasteiger partial charge on any atom is -0.395 e. The molecule has 10 nitrogen and oxygen atoms in total. The Morgan fingerprint density at radius 1 is 1.23 bits per heavy atom. The van der Waals surface area contributed by atoms with Gasteiger partial charge < -0.3 is 19.5 Å². The van der Waals surface area contributed by atoms with Crippen LogP contribution in [0.4, 0.5) is 19.9 Å². The first-order valence-electron chi connectivity index (χ1n) is 12.9. The van der Waals surface area contributed by atoms with Gasteiger partial charge in [-0.3, -0.25) is 0 Å². The molecular weight excluding hydrogens is 546 g/mol. The van der Waals surface area contributed by atoms with E-state index in [0.29, 0.717) is 5.56 Å². The second kappa shape index (κ2) is 11.2. The first-order valence-corrected chi connectivity index (χ1v) is 14.3. The highest BCUT2D eigenvalue weighted by Gasteiger charge is 2.49. The van der Waals surface area contributed by atoms with E-state index in [0.717, 1.165) is 91.5 Å². The molecule has 2 N–H and O–H groups in total. The van der Waals surface area contributed by atoms with E-state index in [-0.39, 0.29) is 36.3 Å². The van der Waals surface area contributed by atoms with Crippen molar-refractivity contribution in [1.29, 1.82) is 0 Å². The number of hydrogen-bond acceptors (Lipinski definition) is 11. The Morgan fingerprint density at radius 2 is 2.10 bits per heavy atom. The number of aliphatic hydroxyl groups is 1. The van der Waals surface area contributed by atoms with Crippen LogP contribution in [0.15, 0.2) is 30.5 Å². The average molecular weight is 577 g/mol. The SMILES string of the molecule is CN(SOc1nc(Nc2c(-c3ccnc(F)c3)ccc3c2CCC3)n(SF)n1)N1CC2(CCN(CCO)C2)C1. The number of halogens is 2. The van der Waals surface area contributed by atoms with Gasteiger partial charge in [0, 0.05) is 56.5 Å². The monoisotopic (exact) mass is 576 g/mol. The molecule has 14 heteroatoms. The highest BCUT2D eigenvalue weighted by atomic mass is 32.2. The predicted molar refractivity (Wildman–Crippen MR) is 147 cm³/mol. The minimum atomic E-state index is -0.568. The lowest BCUT2D eigenvalue weighted by molar-refractivity contribution is -0.0840. The third kappa shape index (κ3) is 5.45. The summed E-state index contributed by atoms with van der Waals surface area (Å²) >= 11 is 1.01. The summed E-state index contributed by atoms with van der Waals surface area (Å²) < 4.78 is 36.5. The average Bonchev–Trinajstić information content (AvgIpc) is 3.65. The van der Waals surface area contributed by atoms with E-state index < -0.39 is 5.95 Å². The maximum atomic E-state index is 13.9. The number of hydrogen-bond donors (Lipinski definition) is 2. The molecule has 6 rings (SSSR count). The molecule has 1 aliphatic carbocycles. The van der Waals surface area contributed by atoms with Crippen molar-refractivity contribution in [2.75, 3.05) is 51.7 Å². The molecule has 0 radical (unpaired) electrons. The molecule has 0 unspecified atom stereocenters. The van der Waals surface area contributed by atoms with Gasteiger partial charge in [-0.05, 0) is 55.0 Å². The summed E-state index contributed by atoms with van der Waals surface area (Å²) in [5, 5.41) is 18.8. The second-order valence-corrected chi connectivity index (χ2v) is 11.7. The van der Waals surface area contributed by atoms with Gasteiger partial charge >= 0.3 is 6.01 Å². The molecule has 0 bridgehead atoms. The minimum absolute atomic E-state index is 0.0220. The van der Waals surface area contributed by atoms with Gasteiger partial charge in [0.1, 0.15) is 0 Å². The number of rotatable bonds is 10. The smallest absolute Gasteiger partial charge is 0.352 e. The van der Waals surface area contributed by atoms with Crippen LogP contribution in [0.5, 0.6) is 6.01 Å². The number of nitrogens with zero attached hydrogens (tertiary/aromatic N) is 7. The van der Waals surface area contributed by atoms with Crippen LogP contribution in [-0.2, 0) is 12.8 Å². The summed E-state index contributed by atoms with van der Waals surface area (Å²) in [5.74, 6) is -0.392. The van der Waals surface area contributed by atoms with E-state index >= 15 is 0 Å². The van der Waals surface area contributed by atoms with Crippen molar-refractivity contribution >= 4 is 36.2 Å². The van der Waals surface area contributed by atoms with Gasteiger partial charge in [-0.2, -0.15) is 13.8 Å². The van der Waals surface area contributed by atoms with Crippen LogP contribution < -0.4 is 9.50 Å². The maximum absolute atomic E-state index is 13.9. The maximum Gasteiger partial charge on any atom is 0.352 e. The van der Waals surface area contributed by atoms with Crippen molar-refractivity contribution in [3.05, 3.63) is 47.5 Å². The van der Waals surface area contributed by atoms with Crippen LogP contribution in [0.3, 0.4) is 0 Å². The third-order valence-corrected chi connectivity index (χ3v) is 8.82. The van der Waals surface area contributed by atoms with E-state index in [1.165, 1.54) is 17.8 Å². The number of fused-ring (bicyclic) bond motifs is 1. The molecule has 1 spiro atoms. The number of aromatic nitrogens is 4. The number of hydrazine groups is 1. The normalized spacial score (nSPS) is 18.6. The highest BCUT2D eigenvalue weighted by molar-refractivity contribution is 7.93. The first kappa shape index (κ1) is 26.7.